The number of benzene rings is 1. The largest absolute Gasteiger partial charge is 0.507 e. The van der Waals surface area contributed by atoms with Crippen LogP contribution < -0.4 is 0 Å². The molecule has 0 radical (unpaired) electrons. The molecular formula is C10H11ClO. The van der Waals surface area contributed by atoms with Crippen LogP contribution in [0.5, 0.6) is 5.75 Å². The molecule has 0 aliphatic heterocycles. The molecule has 0 aromatic heterocycles. The number of rotatable bonds is 2. The minimum absolute atomic E-state index is 0.332. The van der Waals surface area contributed by atoms with Crippen molar-refractivity contribution in [3.8, 4) is 5.75 Å². The third-order valence-corrected chi connectivity index (χ3v) is 1.83. The molecular weight excluding hydrogens is 172 g/mol. The van der Waals surface area contributed by atoms with E-state index in [4.69, 9.17) is 11.6 Å². The first kappa shape index (κ1) is 9.14. The second kappa shape index (κ2) is 4.17. The summed E-state index contributed by atoms with van der Waals surface area (Å²) >= 11 is 5.48. The van der Waals surface area contributed by atoms with Crippen molar-refractivity contribution < 1.29 is 5.11 Å². The van der Waals surface area contributed by atoms with Crippen LogP contribution in [0.25, 0.3) is 6.08 Å². The average Bonchev–Trinajstić information content (AvgIpc) is 2.08. The normalized spacial score (nSPS) is 10.8. The molecule has 0 amide bonds. The van der Waals surface area contributed by atoms with Gasteiger partial charge in [0.1, 0.15) is 5.75 Å². The summed E-state index contributed by atoms with van der Waals surface area (Å²) < 4.78 is 0. The zero-order valence-corrected chi connectivity index (χ0v) is 7.67. The summed E-state index contributed by atoms with van der Waals surface area (Å²) in [6, 6.07) is 5.63. The van der Waals surface area contributed by atoms with Crippen molar-refractivity contribution in [2.24, 2.45) is 0 Å². The first-order chi connectivity index (χ1) is 5.75. The minimum Gasteiger partial charge on any atom is -0.507 e. The van der Waals surface area contributed by atoms with Crippen LogP contribution in [0.15, 0.2) is 24.3 Å². The highest BCUT2D eigenvalue weighted by molar-refractivity contribution is 6.19. The van der Waals surface area contributed by atoms with Crippen molar-refractivity contribution in [2.75, 3.05) is 5.88 Å². The van der Waals surface area contributed by atoms with Gasteiger partial charge in [0, 0.05) is 11.4 Å². The number of hydrogen-bond acceptors (Lipinski definition) is 1. The maximum Gasteiger partial charge on any atom is 0.125 e. The molecule has 1 nitrogen and oxygen atoms in total. The number of phenols is 1. The Morgan fingerprint density at radius 2 is 2.25 bits per heavy atom. The standard InChI is InChI=1S/C10H11ClO/c1-8-4-2-5-9(10(8)12)6-3-7-11/h2-6,12H,7H2,1H3. The monoisotopic (exact) mass is 182 g/mol. The molecule has 0 bridgehead atoms. The van der Waals surface area contributed by atoms with Gasteiger partial charge in [0.05, 0.1) is 0 Å². The number of allylic oxidation sites excluding steroid dienone is 1. The Bertz CT molecular complexity index is 292. The van der Waals surface area contributed by atoms with Crippen molar-refractivity contribution in [2.45, 2.75) is 6.92 Å². The molecule has 1 aromatic rings. The summed E-state index contributed by atoms with van der Waals surface area (Å²) in [6.45, 7) is 1.87. The molecule has 1 N–H and O–H groups in total. The average molecular weight is 183 g/mol. The number of aromatic hydroxyl groups is 1. The number of alkyl halides is 1. The smallest absolute Gasteiger partial charge is 0.125 e. The molecule has 0 saturated heterocycles. The molecule has 0 spiro atoms. The van der Waals surface area contributed by atoms with Gasteiger partial charge in [-0.05, 0) is 12.5 Å². The Kier molecular flexibility index (Phi) is 3.18. The Balaban J connectivity index is 3.00. The topological polar surface area (TPSA) is 20.2 Å². The van der Waals surface area contributed by atoms with Gasteiger partial charge >= 0.3 is 0 Å². The van der Waals surface area contributed by atoms with Gasteiger partial charge in [-0.25, -0.2) is 0 Å². The fraction of sp³-hybridized carbons (Fsp3) is 0.200. The molecule has 0 aliphatic rings. The molecule has 1 aromatic carbocycles. The lowest BCUT2D eigenvalue weighted by Crippen LogP contribution is -1.78. The third kappa shape index (κ3) is 2.02. The van der Waals surface area contributed by atoms with Gasteiger partial charge < -0.3 is 5.11 Å². The van der Waals surface area contributed by atoms with Gasteiger partial charge in [-0.15, -0.1) is 11.6 Å². The SMILES string of the molecule is Cc1cccc(C=CCCl)c1O. The fourth-order valence-corrected chi connectivity index (χ4v) is 1.08. The second-order valence-corrected chi connectivity index (χ2v) is 2.88. The molecule has 0 atom stereocenters. The van der Waals surface area contributed by atoms with E-state index in [2.05, 4.69) is 0 Å². The molecule has 0 unspecified atom stereocenters. The summed E-state index contributed by atoms with van der Waals surface area (Å²) in [7, 11) is 0. The highest BCUT2D eigenvalue weighted by atomic mass is 35.5. The van der Waals surface area contributed by atoms with Crippen LogP contribution >= 0.6 is 11.6 Å². The predicted molar refractivity (Wildman–Crippen MR) is 52.6 cm³/mol. The van der Waals surface area contributed by atoms with E-state index >= 15 is 0 Å². The van der Waals surface area contributed by atoms with Crippen LogP contribution in [0.4, 0.5) is 0 Å². The van der Waals surface area contributed by atoms with Crippen LogP contribution in [-0.4, -0.2) is 11.0 Å². The quantitative estimate of drug-likeness (QED) is 0.698. The van der Waals surface area contributed by atoms with Crippen LogP contribution in [0.2, 0.25) is 0 Å². The number of aryl methyl sites for hydroxylation is 1. The lowest BCUT2D eigenvalue weighted by Gasteiger charge is -2.01. The molecule has 0 aliphatic carbocycles. The van der Waals surface area contributed by atoms with Gasteiger partial charge in [-0.3, -0.25) is 0 Å². The first-order valence-corrected chi connectivity index (χ1v) is 4.30. The molecule has 64 valence electrons. The summed E-state index contributed by atoms with van der Waals surface area (Å²) in [5.41, 5.74) is 1.70. The highest BCUT2D eigenvalue weighted by Gasteiger charge is 1.98. The van der Waals surface area contributed by atoms with E-state index in [0.29, 0.717) is 11.6 Å². The lowest BCUT2D eigenvalue weighted by molar-refractivity contribution is 0.470. The van der Waals surface area contributed by atoms with E-state index < -0.39 is 0 Å². The number of halogens is 1. The van der Waals surface area contributed by atoms with Crippen molar-refractivity contribution in [3.63, 3.8) is 0 Å². The van der Waals surface area contributed by atoms with Crippen LogP contribution in [0.3, 0.4) is 0 Å². The predicted octanol–water partition coefficient (Wildman–Crippen LogP) is 2.95. The van der Waals surface area contributed by atoms with Crippen molar-refractivity contribution >= 4 is 17.7 Å². The van der Waals surface area contributed by atoms with Gasteiger partial charge in [0.25, 0.3) is 0 Å². The van der Waals surface area contributed by atoms with E-state index in [1.54, 1.807) is 6.08 Å². The third-order valence-electron chi connectivity index (χ3n) is 1.66. The van der Waals surface area contributed by atoms with Crippen molar-refractivity contribution in [1.82, 2.24) is 0 Å². The fourth-order valence-electron chi connectivity index (χ4n) is 0.988. The van der Waals surface area contributed by atoms with E-state index in [0.717, 1.165) is 11.1 Å². The van der Waals surface area contributed by atoms with Crippen LogP contribution in [-0.2, 0) is 0 Å². The molecule has 0 fully saturated rings. The number of hydrogen-bond donors (Lipinski definition) is 1. The Morgan fingerprint density at radius 1 is 1.50 bits per heavy atom. The zero-order chi connectivity index (χ0) is 8.97. The van der Waals surface area contributed by atoms with Gasteiger partial charge in [0.15, 0.2) is 0 Å². The molecule has 1 rings (SSSR count). The van der Waals surface area contributed by atoms with Crippen molar-refractivity contribution in [3.05, 3.63) is 35.4 Å². The van der Waals surface area contributed by atoms with Crippen LogP contribution in [0, 0.1) is 6.92 Å². The van der Waals surface area contributed by atoms with E-state index in [1.807, 2.05) is 31.2 Å². The van der Waals surface area contributed by atoms with E-state index in [-0.39, 0.29) is 0 Å². The molecule has 2 heteroatoms. The Morgan fingerprint density at radius 3 is 2.92 bits per heavy atom. The number of para-hydroxylation sites is 1. The summed E-state index contributed by atoms with van der Waals surface area (Å²) in [5, 5.41) is 9.53. The maximum atomic E-state index is 9.53. The molecule has 0 heterocycles. The van der Waals surface area contributed by atoms with Crippen molar-refractivity contribution in [1.29, 1.82) is 0 Å². The highest BCUT2D eigenvalue weighted by Crippen LogP contribution is 2.22. The number of phenolic OH excluding ortho intramolecular Hbond substituents is 1. The van der Waals surface area contributed by atoms with E-state index in [1.165, 1.54) is 0 Å². The minimum atomic E-state index is 0.332. The first-order valence-electron chi connectivity index (χ1n) is 3.77. The van der Waals surface area contributed by atoms with Gasteiger partial charge in [-0.1, -0.05) is 30.4 Å². The Labute approximate surface area is 77.3 Å². The van der Waals surface area contributed by atoms with Crippen LogP contribution in [0.1, 0.15) is 11.1 Å². The summed E-state index contributed by atoms with van der Waals surface area (Å²) in [5.74, 6) is 0.798. The summed E-state index contributed by atoms with van der Waals surface area (Å²) in [4.78, 5) is 0. The summed E-state index contributed by atoms with van der Waals surface area (Å²) in [6.07, 6.45) is 3.62. The zero-order valence-electron chi connectivity index (χ0n) is 6.92. The second-order valence-electron chi connectivity index (χ2n) is 2.57. The molecule has 0 saturated carbocycles. The molecule has 12 heavy (non-hydrogen) atoms. The lowest BCUT2D eigenvalue weighted by atomic mass is 10.1. The van der Waals surface area contributed by atoms with Gasteiger partial charge in [0.2, 0.25) is 0 Å². The van der Waals surface area contributed by atoms with E-state index in [9.17, 15) is 5.11 Å². The van der Waals surface area contributed by atoms with Gasteiger partial charge in [-0.2, -0.15) is 0 Å². The maximum absolute atomic E-state index is 9.53. The Hall–Kier alpha value is -0.950.